The predicted octanol–water partition coefficient (Wildman–Crippen LogP) is 2.40. The highest BCUT2D eigenvalue weighted by molar-refractivity contribution is 7.71. The van der Waals surface area contributed by atoms with Crippen molar-refractivity contribution in [3.05, 3.63) is 40.4 Å². The molecule has 0 aliphatic heterocycles. The lowest BCUT2D eigenvalue weighted by atomic mass is 10.2. The summed E-state index contributed by atoms with van der Waals surface area (Å²) in [6.07, 6.45) is 1.74. The van der Waals surface area contributed by atoms with Crippen LogP contribution in [0.5, 0.6) is 5.75 Å². The van der Waals surface area contributed by atoms with E-state index < -0.39 is 0 Å². The molecule has 2 N–H and O–H groups in total. The first-order chi connectivity index (χ1) is 11.1. The average molecular weight is 334 g/mol. The highest BCUT2D eigenvalue weighted by atomic mass is 32.1. The number of hydrogen-bond donors (Lipinski definition) is 2. The van der Waals surface area contributed by atoms with E-state index in [-0.39, 0.29) is 12.5 Å². The van der Waals surface area contributed by atoms with Crippen molar-refractivity contribution in [1.29, 1.82) is 0 Å². The first kappa shape index (κ1) is 17.2. The lowest BCUT2D eigenvalue weighted by molar-refractivity contribution is -0.121. The minimum atomic E-state index is -0.104. The maximum Gasteiger partial charge on any atom is 0.240 e. The Balaban J connectivity index is 1.76. The number of nitrogens with zero attached hydrogens (tertiary/aromatic N) is 2. The number of benzene rings is 1. The summed E-state index contributed by atoms with van der Waals surface area (Å²) in [4.78, 5) is 12.0. The minimum Gasteiger partial charge on any atom is -0.492 e. The summed E-state index contributed by atoms with van der Waals surface area (Å²) in [5.41, 5.74) is 1.19. The van der Waals surface area contributed by atoms with E-state index in [0.717, 1.165) is 24.4 Å². The van der Waals surface area contributed by atoms with Gasteiger partial charge in [0.05, 0.1) is 6.54 Å². The van der Waals surface area contributed by atoms with Crippen molar-refractivity contribution in [2.24, 2.45) is 0 Å². The molecule has 0 radical (unpaired) electrons. The topological polar surface area (TPSA) is 71.9 Å². The lowest BCUT2D eigenvalue weighted by Crippen LogP contribution is -2.31. The predicted molar refractivity (Wildman–Crippen MR) is 91.1 cm³/mol. The average Bonchev–Trinajstić information content (AvgIpc) is 2.87. The third-order valence-electron chi connectivity index (χ3n) is 3.33. The van der Waals surface area contributed by atoms with Gasteiger partial charge in [-0.25, -0.2) is 0 Å². The number of aromatic amines is 1. The molecular weight excluding hydrogens is 312 g/mol. The molecule has 1 heterocycles. The summed E-state index contributed by atoms with van der Waals surface area (Å²) < 4.78 is 7.77. The molecule has 0 spiro atoms. The molecule has 23 heavy (non-hydrogen) atoms. The van der Waals surface area contributed by atoms with Gasteiger partial charge in [0.1, 0.15) is 24.7 Å². The third-order valence-corrected chi connectivity index (χ3v) is 3.64. The zero-order chi connectivity index (χ0) is 16.7. The fourth-order valence-corrected chi connectivity index (χ4v) is 2.34. The van der Waals surface area contributed by atoms with Gasteiger partial charge < -0.3 is 10.1 Å². The van der Waals surface area contributed by atoms with Crippen molar-refractivity contribution in [2.75, 3.05) is 13.2 Å². The molecule has 124 valence electrons. The van der Waals surface area contributed by atoms with Crippen LogP contribution >= 0.6 is 12.2 Å². The standard InChI is InChI=1S/C16H22N4O2S/c1-3-4-14-18-19-16(23)20(14)11-15(21)17-9-10-22-13-7-5-12(2)6-8-13/h5-8H,3-4,9-11H2,1-2H3,(H,17,21)(H,19,23). The van der Waals surface area contributed by atoms with E-state index in [4.69, 9.17) is 17.0 Å². The Bertz CT molecular complexity index is 691. The van der Waals surface area contributed by atoms with Crippen LogP contribution in [0.1, 0.15) is 24.7 Å². The van der Waals surface area contributed by atoms with Crippen molar-refractivity contribution in [3.63, 3.8) is 0 Å². The highest BCUT2D eigenvalue weighted by Crippen LogP contribution is 2.10. The van der Waals surface area contributed by atoms with Crippen molar-refractivity contribution >= 4 is 18.1 Å². The van der Waals surface area contributed by atoms with Gasteiger partial charge in [-0.1, -0.05) is 24.6 Å². The Morgan fingerprint density at radius 2 is 2.13 bits per heavy atom. The van der Waals surface area contributed by atoms with Crippen LogP contribution in [-0.4, -0.2) is 33.8 Å². The normalized spacial score (nSPS) is 10.5. The Morgan fingerprint density at radius 1 is 1.39 bits per heavy atom. The summed E-state index contributed by atoms with van der Waals surface area (Å²) in [6, 6.07) is 7.81. The molecule has 0 unspecified atom stereocenters. The summed E-state index contributed by atoms with van der Waals surface area (Å²) in [5, 5.41) is 9.70. The van der Waals surface area contributed by atoms with Gasteiger partial charge in [0.25, 0.3) is 0 Å². The molecule has 7 heteroatoms. The van der Waals surface area contributed by atoms with Crippen molar-refractivity contribution < 1.29 is 9.53 Å². The van der Waals surface area contributed by atoms with E-state index in [1.54, 1.807) is 4.57 Å². The molecule has 1 amide bonds. The van der Waals surface area contributed by atoms with Crippen LogP contribution < -0.4 is 10.1 Å². The number of carbonyl (C=O) groups is 1. The molecule has 0 saturated carbocycles. The Labute approximate surface area is 140 Å². The van der Waals surface area contributed by atoms with E-state index in [1.807, 2.05) is 31.2 Å². The second kappa shape index (κ2) is 8.47. The van der Waals surface area contributed by atoms with Gasteiger partial charge >= 0.3 is 0 Å². The Kier molecular flexibility index (Phi) is 6.34. The van der Waals surface area contributed by atoms with Crippen LogP contribution in [0.15, 0.2) is 24.3 Å². The quantitative estimate of drug-likeness (QED) is 0.574. The number of nitrogens with one attached hydrogen (secondary N) is 2. The number of H-pyrrole nitrogens is 1. The van der Waals surface area contributed by atoms with Crippen molar-refractivity contribution in [1.82, 2.24) is 20.1 Å². The molecule has 2 rings (SSSR count). The van der Waals surface area contributed by atoms with Gasteiger partial charge in [0.15, 0.2) is 4.77 Å². The van der Waals surface area contributed by atoms with E-state index in [0.29, 0.717) is 17.9 Å². The highest BCUT2D eigenvalue weighted by Gasteiger charge is 2.09. The van der Waals surface area contributed by atoms with Gasteiger partial charge in [-0.05, 0) is 37.7 Å². The number of aryl methyl sites for hydroxylation is 2. The molecule has 0 bridgehead atoms. The number of hydrogen-bond acceptors (Lipinski definition) is 4. The maximum atomic E-state index is 12.0. The number of ether oxygens (including phenoxy) is 1. The van der Waals surface area contributed by atoms with Crippen molar-refractivity contribution in [3.8, 4) is 5.75 Å². The maximum absolute atomic E-state index is 12.0. The second-order valence-corrected chi connectivity index (χ2v) is 5.68. The van der Waals surface area contributed by atoms with Gasteiger partial charge in [0, 0.05) is 6.42 Å². The first-order valence-electron chi connectivity index (χ1n) is 7.70. The Morgan fingerprint density at radius 3 is 2.83 bits per heavy atom. The van der Waals surface area contributed by atoms with E-state index in [9.17, 15) is 4.79 Å². The smallest absolute Gasteiger partial charge is 0.240 e. The molecule has 0 aliphatic carbocycles. The molecule has 2 aromatic rings. The van der Waals surface area contributed by atoms with E-state index in [1.165, 1.54) is 5.56 Å². The van der Waals surface area contributed by atoms with Crippen LogP contribution in [0, 0.1) is 11.7 Å². The van der Waals surface area contributed by atoms with Crippen LogP contribution in [0.2, 0.25) is 0 Å². The monoisotopic (exact) mass is 334 g/mol. The zero-order valence-electron chi connectivity index (χ0n) is 13.5. The van der Waals surface area contributed by atoms with Gasteiger partial charge in [-0.15, -0.1) is 0 Å². The fraction of sp³-hybridized carbons (Fsp3) is 0.438. The SMILES string of the molecule is CCCc1n[nH]c(=S)n1CC(=O)NCCOc1ccc(C)cc1. The Hall–Kier alpha value is -2.15. The van der Waals surface area contributed by atoms with Crippen LogP contribution in [-0.2, 0) is 17.8 Å². The molecule has 0 aliphatic rings. The van der Waals surface area contributed by atoms with Gasteiger partial charge in [0.2, 0.25) is 5.91 Å². The molecule has 1 aromatic heterocycles. The molecular formula is C16H22N4O2S. The largest absolute Gasteiger partial charge is 0.492 e. The summed E-state index contributed by atoms with van der Waals surface area (Å²) in [5.74, 6) is 1.50. The molecule has 0 fully saturated rings. The fourth-order valence-electron chi connectivity index (χ4n) is 2.12. The zero-order valence-corrected chi connectivity index (χ0v) is 14.3. The van der Waals surface area contributed by atoms with Crippen LogP contribution in [0.3, 0.4) is 0 Å². The summed E-state index contributed by atoms with van der Waals surface area (Å²) >= 11 is 5.16. The summed E-state index contributed by atoms with van der Waals surface area (Å²) in [7, 11) is 0. The van der Waals surface area contributed by atoms with Crippen molar-refractivity contribution in [2.45, 2.75) is 33.2 Å². The third kappa shape index (κ3) is 5.21. The molecule has 6 nitrogen and oxygen atoms in total. The van der Waals surface area contributed by atoms with Crippen LogP contribution in [0.4, 0.5) is 0 Å². The number of carbonyl (C=O) groups excluding carboxylic acids is 1. The van der Waals surface area contributed by atoms with Crippen LogP contribution in [0.25, 0.3) is 0 Å². The first-order valence-corrected chi connectivity index (χ1v) is 8.11. The summed E-state index contributed by atoms with van der Waals surface area (Å²) in [6.45, 7) is 5.13. The minimum absolute atomic E-state index is 0.104. The number of aromatic nitrogens is 3. The lowest BCUT2D eigenvalue weighted by Gasteiger charge is -2.09. The molecule has 0 atom stereocenters. The molecule has 1 aromatic carbocycles. The van der Waals surface area contributed by atoms with Gasteiger partial charge in [-0.3, -0.25) is 14.5 Å². The van der Waals surface area contributed by atoms with Gasteiger partial charge in [-0.2, -0.15) is 5.10 Å². The second-order valence-electron chi connectivity index (χ2n) is 5.29. The number of rotatable bonds is 8. The number of amides is 1. The van der Waals surface area contributed by atoms with E-state index >= 15 is 0 Å². The molecule has 0 saturated heterocycles. The van der Waals surface area contributed by atoms with E-state index in [2.05, 4.69) is 22.4 Å².